The fourth-order valence-corrected chi connectivity index (χ4v) is 3.34. The number of hydrogen-bond donors (Lipinski definition) is 2. The van der Waals surface area contributed by atoms with Crippen molar-refractivity contribution in [1.82, 2.24) is 20.4 Å². The normalized spacial score (nSPS) is 19.4. The molecule has 0 saturated carbocycles. The van der Waals surface area contributed by atoms with Gasteiger partial charge in [-0.2, -0.15) is 13.2 Å². The summed E-state index contributed by atoms with van der Waals surface area (Å²) < 4.78 is 37.6. The van der Waals surface area contributed by atoms with Gasteiger partial charge in [-0.25, -0.2) is 0 Å². The molecule has 0 aromatic heterocycles. The van der Waals surface area contributed by atoms with Crippen molar-refractivity contribution in [2.24, 2.45) is 4.99 Å². The minimum absolute atomic E-state index is 0. The van der Waals surface area contributed by atoms with E-state index in [4.69, 9.17) is 11.6 Å². The summed E-state index contributed by atoms with van der Waals surface area (Å²) in [6, 6.07) is 7.73. The first-order valence-electron chi connectivity index (χ1n) is 8.86. The Balaban J connectivity index is 0.00000392. The lowest BCUT2D eigenvalue weighted by Crippen LogP contribution is -2.47. The molecule has 28 heavy (non-hydrogen) atoms. The molecule has 0 amide bonds. The second-order valence-corrected chi connectivity index (χ2v) is 7.40. The molecule has 1 aliphatic rings. The van der Waals surface area contributed by atoms with Crippen LogP contribution in [0.1, 0.15) is 18.0 Å². The molecular formula is C18H28ClF3IN5. The molecule has 1 heterocycles. The van der Waals surface area contributed by atoms with Gasteiger partial charge in [-0.05, 0) is 38.2 Å². The number of guanidine groups is 1. The molecule has 2 unspecified atom stereocenters. The van der Waals surface area contributed by atoms with Crippen molar-refractivity contribution >= 4 is 41.5 Å². The predicted octanol–water partition coefficient (Wildman–Crippen LogP) is 3.36. The highest BCUT2D eigenvalue weighted by atomic mass is 127. The lowest BCUT2D eigenvalue weighted by molar-refractivity contribution is -0.143. The Bertz CT molecular complexity index is 625. The molecule has 1 saturated heterocycles. The van der Waals surface area contributed by atoms with Crippen LogP contribution in [0.15, 0.2) is 29.3 Å². The van der Waals surface area contributed by atoms with Gasteiger partial charge in [0.15, 0.2) is 5.96 Å². The van der Waals surface area contributed by atoms with Gasteiger partial charge >= 0.3 is 6.18 Å². The monoisotopic (exact) mass is 533 g/mol. The van der Waals surface area contributed by atoms with Crippen LogP contribution in [0.5, 0.6) is 0 Å². The maximum Gasteiger partial charge on any atom is 0.401 e. The molecule has 1 aromatic carbocycles. The average Bonchev–Trinajstić information content (AvgIpc) is 3.00. The molecule has 2 atom stereocenters. The minimum atomic E-state index is -4.16. The van der Waals surface area contributed by atoms with Crippen LogP contribution in [0.25, 0.3) is 0 Å². The van der Waals surface area contributed by atoms with Crippen LogP contribution >= 0.6 is 35.6 Å². The van der Waals surface area contributed by atoms with E-state index in [9.17, 15) is 13.2 Å². The molecule has 0 spiro atoms. The van der Waals surface area contributed by atoms with Crippen LogP contribution in [0, 0.1) is 0 Å². The van der Waals surface area contributed by atoms with Crippen LogP contribution in [-0.4, -0.2) is 75.3 Å². The molecular weight excluding hydrogens is 506 g/mol. The van der Waals surface area contributed by atoms with Gasteiger partial charge in [0, 0.05) is 37.7 Å². The quantitative estimate of drug-likeness (QED) is 0.334. The molecule has 1 aromatic rings. The summed E-state index contributed by atoms with van der Waals surface area (Å²) in [5, 5.41) is 7.19. The fraction of sp³-hybridized carbons (Fsp3) is 0.611. The summed E-state index contributed by atoms with van der Waals surface area (Å²) in [6.07, 6.45) is -3.50. The van der Waals surface area contributed by atoms with Crippen LogP contribution < -0.4 is 10.6 Å². The molecule has 0 bridgehead atoms. The second-order valence-electron chi connectivity index (χ2n) is 6.96. The molecule has 1 aliphatic heterocycles. The number of benzene rings is 1. The predicted molar refractivity (Wildman–Crippen MR) is 119 cm³/mol. The highest BCUT2D eigenvalue weighted by Crippen LogP contribution is 2.21. The Labute approximate surface area is 186 Å². The Morgan fingerprint density at radius 3 is 2.50 bits per heavy atom. The first kappa shape index (κ1) is 25.3. The van der Waals surface area contributed by atoms with Crippen molar-refractivity contribution in [2.75, 3.05) is 47.3 Å². The third kappa shape index (κ3) is 8.30. The summed E-state index contributed by atoms with van der Waals surface area (Å²) in [5.74, 6) is 0.592. The number of alkyl halides is 3. The van der Waals surface area contributed by atoms with E-state index >= 15 is 0 Å². The van der Waals surface area contributed by atoms with E-state index in [1.165, 1.54) is 4.90 Å². The molecule has 1 fully saturated rings. The number of aliphatic imine (C=N–C) groups is 1. The maximum absolute atomic E-state index is 12.5. The van der Waals surface area contributed by atoms with Crippen molar-refractivity contribution in [3.63, 3.8) is 0 Å². The zero-order chi connectivity index (χ0) is 20.0. The van der Waals surface area contributed by atoms with E-state index < -0.39 is 12.7 Å². The average molecular weight is 534 g/mol. The lowest BCUT2D eigenvalue weighted by atomic mass is 10.1. The summed E-state index contributed by atoms with van der Waals surface area (Å²) in [5.41, 5.74) is 1.12. The molecule has 160 valence electrons. The van der Waals surface area contributed by atoms with Crippen LogP contribution in [-0.2, 0) is 0 Å². The van der Waals surface area contributed by atoms with Gasteiger partial charge in [-0.15, -0.1) is 24.0 Å². The Hall–Kier alpha value is -0.780. The highest BCUT2D eigenvalue weighted by Gasteiger charge is 2.34. The number of likely N-dealkylation sites (N-methyl/N-ethyl adjacent to an activating group) is 1. The zero-order valence-electron chi connectivity index (χ0n) is 16.3. The van der Waals surface area contributed by atoms with Crippen LogP contribution in [0.4, 0.5) is 13.2 Å². The van der Waals surface area contributed by atoms with Crippen molar-refractivity contribution in [3.05, 3.63) is 34.9 Å². The largest absolute Gasteiger partial charge is 0.401 e. The van der Waals surface area contributed by atoms with Gasteiger partial charge < -0.3 is 15.5 Å². The molecule has 0 radical (unpaired) electrons. The smallest absolute Gasteiger partial charge is 0.354 e. The van der Waals surface area contributed by atoms with Crippen molar-refractivity contribution in [3.8, 4) is 0 Å². The molecule has 2 rings (SSSR count). The molecule has 10 heteroatoms. The van der Waals surface area contributed by atoms with E-state index in [2.05, 4.69) is 20.5 Å². The first-order chi connectivity index (χ1) is 12.7. The van der Waals surface area contributed by atoms with E-state index in [1.54, 1.807) is 7.05 Å². The number of likely N-dealkylation sites (tertiary alicyclic amines) is 1. The van der Waals surface area contributed by atoms with E-state index in [0.717, 1.165) is 5.56 Å². The minimum Gasteiger partial charge on any atom is -0.354 e. The maximum atomic E-state index is 12.5. The van der Waals surface area contributed by atoms with Crippen molar-refractivity contribution in [2.45, 2.75) is 24.7 Å². The van der Waals surface area contributed by atoms with Crippen molar-refractivity contribution in [1.29, 1.82) is 0 Å². The number of rotatable bonds is 6. The SMILES string of the molecule is CN=C(NCC(c1ccc(Cl)cc1)N(C)C)NC1CCN(CC(F)(F)F)C1.I. The second kappa shape index (κ2) is 11.4. The number of nitrogens with zero attached hydrogens (tertiary/aromatic N) is 3. The Kier molecular flexibility index (Phi) is 10.3. The van der Waals surface area contributed by atoms with E-state index in [0.29, 0.717) is 37.0 Å². The van der Waals surface area contributed by atoms with Gasteiger partial charge in [-0.3, -0.25) is 9.89 Å². The van der Waals surface area contributed by atoms with Crippen molar-refractivity contribution < 1.29 is 13.2 Å². The van der Waals surface area contributed by atoms with Gasteiger partial charge in [0.2, 0.25) is 0 Å². The molecule has 2 N–H and O–H groups in total. The topological polar surface area (TPSA) is 42.9 Å². The Morgan fingerprint density at radius 1 is 1.32 bits per heavy atom. The number of halogens is 5. The summed E-state index contributed by atoms with van der Waals surface area (Å²) in [6.45, 7) is 0.525. The van der Waals surface area contributed by atoms with Gasteiger partial charge in [0.25, 0.3) is 0 Å². The molecule has 0 aliphatic carbocycles. The van der Waals surface area contributed by atoms with Gasteiger partial charge in [0.05, 0.1) is 12.6 Å². The fourth-order valence-electron chi connectivity index (χ4n) is 3.21. The number of hydrogen-bond acceptors (Lipinski definition) is 3. The van der Waals surface area contributed by atoms with E-state index in [1.807, 2.05) is 38.4 Å². The lowest BCUT2D eigenvalue weighted by Gasteiger charge is -2.27. The Morgan fingerprint density at radius 2 is 1.96 bits per heavy atom. The third-order valence-corrected chi connectivity index (χ3v) is 4.83. The highest BCUT2D eigenvalue weighted by molar-refractivity contribution is 14.0. The van der Waals surface area contributed by atoms with E-state index in [-0.39, 0.29) is 36.1 Å². The standard InChI is InChI=1S/C18H27ClF3N5.HI/c1-23-17(25-15-8-9-27(11-15)12-18(20,21)22)24-10-16(26(2)3)13-4-6-14(19)7-5-13;/h4-7,15-16H,8-12H2,1-3H3,(H2,23,24,25);1H. The number of nitrogens with one attached hydrogen (secondary N) is 2. The summed E-state index contributed by atoms with van der Waals surface area (Å²) >= 11 is 5.96. The van der Waals surface area contributed by atoms with Gasteiger partial charge in [-0.1, -0.05) is 23.7 Å². The van der Waals surface area contributed by atoms with Gasteiger partial charge in [0.1, 0.15) is 0 Å². The molecule has 5 nitrogen and oxygen atoms in total. The summed E-state index contributed by atoms with van der Waals surface area (Å²) in [7, 11) is 5.64. The first-order valence-corrected chi connectivity index (χ1v) is 9.24. The summed E-state index contributed by atoms with van der Waals surface area (Å²) in [4.78, 5) is 7.71. The zero-order valence-corrected chi connectivity index (χ0v) is 19.3. The van der Waals surface area contributed by atoms with Crippen LogP contribution in [0.2, 0.25) is 5.02 Å². The third-order valence-electron chi connectivity index (χ3n) is 4.58. The van der Waals surface area contributed by atoms with Crippen LogP contribution in [0.3, 0.4) is 0 Å².